The molecule has 0 fully saturated rings. The third kappa shape index (κ3) is 5.48. The van der Waals surface area contributed by atoms with Crippen molar-refractivity contribution in [3.05, 3.63) is 48.0 Å². The molecule has 3 rings (SSSR count). The van der Waals surface area contributed by atoms with Crippen LogP contribution in [0.3, 0.4) is 0 Å². The van der Waals surface area contributed by atoms with E-state index in [0.29, 0.717) is 34.4 Å². The SMILES string of the molecule is CCN(CC)CCN(C(=O)COc1ccccc1OC)c1nc2c(F)cc(F)cc2s1. The largest absolute Gasteiger partial charge is 0.493 e. The summed E-state index contributed by atoms with van der Waals surface area (Å²) < 4.78 is 39.0. The molecule has 0 aliphatic rings. The van der Waals surface area contributed by atoms with E-state index in [9.17, 15) is 13.6 Å². The molecule has 31 heavy (non-hydrogen) atoms. The highest BCUT2D eigenvalue weighted by molar-refractivity contribution is 7.22. The molecule has 166 valence electrons. The molecule has 9 heteroatoms. The highest BCUT2D eigenvalue weighted by Crippen LogP contribution is 2.31. The average molecular weight is 450 g/mol. The summed E-state index contributed by atoms with van der Waals surface area (Å²) in [6.07, 6.45) is 0. The zero-order valence-corrected chi connectivity index (χ0v) is 18.5. The van der Waals surface area contributed by atoms with Crippen molar-refractivity contribution < 1.29 is 23.0 Å². The van der Waals surface area contributed by atoms with Crippen LogP contribution in [0.25, 0.3) is 10.2 Å². The standard InChI is InChI=1S/C22H25F2N3O3S/c1-4-26(5-2)10-11-27(20(28)14-30-18-9-7-6-8-17(18)29-3)22-25-21-16(24)12-15(23)13-19(21)31-22/h6-9,12-13H,4-5,10-11,14H2,1-3H3. The van der Waals surface area contributed by atoms with Gasteiger partial charge < -0.3 is 14.4 Å². The maximum atomic E-state index is 14.2. The number of para-hydroxylation sites is 2. The molecule has 2 aromatic carbocycles. The van der Waals surface area contributed by atoms with Crippen LogP contribution in [-0.2, 0) is 4.79 Å². The van der Waals surface area contributed by atoms with E-state index in [0.717, 1.165) is 30.5 Å². The Balaban J connectivity index is 1.85. The number of halogens is 2. The van der Waals surface area contributed by atoms with E-state index in [1.807, 2.05) is 13.8 Å². The lowest BCUT2D eigenvalue weighted by Gasteiger charge is -2.24. The molecule has 0 saturated heterocycles. The fraction of sp³-hybridized carbons (Fsp3) is 0.364. The first-order valence-corrected chi connectivity index (χ1v) is 10.8. The van der Waals surface area contributed by atoms with Gasteiger partial charge in [-0.25, -0.2) is 13.8 Å². The number of aromatic nitrogens is 1. The van der Waals surface area contributed by atoms with Gasteiger partial charge >= 0.3 is 0 Å². The lowest BCUT2D eigenvalue weighted by molar-refractivity contribution is -0.120. The quantitative estimate of drug-likeness (QED) is 0.461. The fourth-order valence-electron chi connectivity index (χ4n) is 3.12. The number of likely N-dealkylation sites (N-methyl/N-ethyl adjacent to an activating group) is 1. The van der Waals surface area contributed by atoms with Crippen molar-refractivity contribution >= 4 is 32.6 Å². The molecule has 1 amide bonds. The van der Waals surface area contributed by atoms with E-state index in [4.69, 9.17) is 9.47 Å². The predicted octanol–water partition coefficient (Wildman–Crippen LogP) is 4.34. The van der Waals surface area contributed by atoms with Gasteiger partial charge in [0.25, 0.3) is 5.91 Å². The molecule has 0 atom stereocenters. The Morgan fingerprint density at radius 3 is 2.48 bits per heavy atom. The highest BCUT2D eigenvalue weighted by Gasteiger charge is 2.23. The number of rotatable bonds is 10. The van der Waals surface area contributed by atoms with E-state index < -0.39 is 11.6 Å². The molecule has 0 aliphatic heterocycles. The molecule has 0 N–H and O–H groups in total. The summed E-state index contributed by atoms with van der Waals surface area (Å²) in [4.78, 5) is 21.0. The Morgan fingerprint density at radius 2 is 1.81 bits per heavy atom. The van der Waals surface area contributed by atoms with Crippen molar-refractivity contribution in [3.63, 3.8) is 0 Å². The van der Waals surface area contributed by atoms with Gasteiger partial charge in [-0.05, 0) is 31.3 Å². The number of carbonyl (C=O) groups is 1. The maximum absolute atomic E-state index is 14.2. The molecule has 0 unspecified atom stereocenters. The fourth-order valence-corrected chi connectivity index (χ4v) is 4.17. The number of ether oxygens (including phenoxy) is 2. The molecule has 3 aromatic rings. The third-order valence-electron chi connectivity index (χ3n) is 4.89. The molecule has 0 saturated carbocycles. The van der Waals surface area contributed by atoms with E-state index in [1.54, 1.807) is 24.3 Å². The van der Waals surface area contributed by atoms with Crippen molar-refractivity contribution in [2.75, 3.05) is 44.8 Å². The molecular formula is C22H25F2N3O3S. The smallest absolute Gasteiger partial charge is 0.266 e. The molecule has 0 aliphatic carbocycles. The molecule has 1 aromatic heterocycles. The second-order valence-electron chi connectivity index (χ2n) is 6.74. The van der Waals surface area contributed by atoms with Gasteiger partial charge in [0.2, 0.25) is 0 Å². The van der Waals surface area contributed by atoms with Crippen LogP contribution in [-0.4, -0.2) is 55.7 Å². The van der Waals surface area contributed by atoms with Crippen LogP contribution in [0.2, 0.25) is 0 Å². The summed E-state index contributed by atoms with van der Waals surface area (Å²) in [5.41, 5.74) is 0.0488. The number of fused-ring (bicyclic) bond motifs is 1. The number of amides is 1. The summed E-state index contributed by atoms with van der Waals surface area (Å²) >= 11 is 1.07. The minimum absolute atomic E-state index is 0.0488. The number of thiazole rings is 1. The van der Waals surface area contributed by atoms with Crippen LogP contribution in [0.1, 0.15) is 13.8 Å². The van der Waals surface area contributed by atoms with E-state index in [-0.39, 0.29) is 18.0 Å². The first-order valence-electron chi connectivity index (χ1n) is 10.0. The summed E-state index contributed by atoms with van der Waals surface area (Å²) in [7, 11) is 1.52. The molecule has 0 spiro atoms. The Bertz CT molecular complexity index is 1040. The lowest BCUT2D eigenvalue weighted by atomic mass is 10.3. The number of hydrogen-bond donors (Lipinski definition) is 0. The monoisotopic (exact) mass is 449 g/mol. The van der Waals surface area contributed by atoms with Gasteiger partial charge in [0.15, 0.2) is 29.1 Å². The molecule has 1 heterocycles. The Morgan fingerprint density at radius 1 is 1.10 bits per heavy atom. The van der Waals surface area contributed by atoms with Crippen molar-refractivity contribution in [1.29, 1.82) is 0 Å². The van der Waals surface area contributed by atoms with E-state index in [2.05, 4.69) is 9.88 Å². The van der Waals surface area contributed by atoms with Gasteiger partial charge in [-0.2, -0.15) is 0 Å². The van der Waals surface area contributed by atoms with Crippen LogP contribution in [0.15, 0.2) is 36.4 Å². The van der Waals surface area contributed by atoms with Gasteiger partial charge in [0, 0.05) is 19.2 Å². The number of benzene rings is 2. The van der Waals surface area contributed by atoms with Crippen LogP contribution < -0.4 is 14.4 Å². The molecule has 0 radical (unpaired) electrons. The Kier molecular flexibility index (Phi) is 7.75. The van der Waals surface area contributed by atoms with Crippen LogP contribution in [0.4, 0.5) is 13.9 Å². The zero-order valence-electron chi connectivity index (χ0n) is 17.7. The van der Waals surface area contributed by atoms with Gasteiger partial charge in [0.05, 0.1) is 11.8 Å². The number of hydrogen-bond acceptors (Lipinski definition) is 6. The zero-order chi connectivity index (χ0) is 22.4. The molecule has 6 nitrogen and oxygen atoms in total. The number of methoxy groups -OCH3 is 1. The topological polar surface area (TPSA) is 54.9 Å². The van der Waals surface area contributed by atoms with Gasteiger partial charge in [0.1, 0.15) is 11.3 Å². The second-order valence-corrected chi connectivity index (χ2v) is 7.75. The van der Waals surface area contributed by atoms with Gasteiger partial charge in [-0.3, -0.25) is 9.69 Å². The minimum atomic E-state index is -0.751. The number of carbonyl (C=O) groups excluding carboxylic acids is 1. The first-order chi connectivity index (χ1) is 15.0. The van der Waals surface area contributed by atoms with Gasteiger partial charge in [-0.15, -0.1) is 0 Å². The summed E-state index contributed by atoms with van der Waals surface area (Å²) in [5, 5.41) is 0.306. The Hall–Kier alpha value is -2.78. The minimum Gasteiger partial charge on any atom is -0.493 e. The number of nitrogens with zero attached hydrogens (tertiary/aromatic N) is 3. The first kappa shape index (κ1) is 22.9. The summed E-state index contributed by atoms with van der Waals surface area (Å²) in [5.74, 6) is -0.806. The third-order valence-corrected chi connectivity index (χ3v) is 5.91. The van der Waals surface area contributed by atoms with E-state index >= 15 is 0 Å². The van der Waals surface area contributed by atoms with Gasteiger partial charge in [-0.1, -0.05) is 37.3 Å². The van der Waals surface area contributed by atoms with E-state index in [1.165, 1.54) is 18.1 Å². The molecule has 0 bridgehead atoms. The van der Waals surface area contributed by atoms with Crippen molar-refractivity contribution in [2.45, 2.75) is 13.8 Å². The lowest BCUT2D eigenvalue weighted by Crippen LogP contribution is -2.41. The summed E-state index contributed by atoms with van der Waals surface area (Å²) in [6, 6.07) is 9.05. The summed E-state index contributed by atoms with van der Waals surface area (Å²) in [6.45, 7) is 6.45. The number of anilines is 1. The highest BCUT2D eigenvalue weighted by atomic mass is 32.1. The van der Waals surface area contributed by atoms with Crippen LogP contribution in [0.5, 0.6) is 11.5 Å². The second kappa shape index (κ2) is 10.5. The maximum Gasteiger partial charge on any atom is 0.266 e. The van der Waals surface area contributed by atoms with Crippen molar-refractivity contribution in [2.24, 2.45) is 0 Å². The van der Waals surface area contributed by atoms with Crippen molar-refractivity contribution in [1.82, 2.24) is 9.88 Å². The average Bonchev–Trinajstić information content (AvgIpc) is 3.19. The van der Waals surface area contributed by atoms with Crippen LogP contribution >= 0.6 is 11.3 Å². The molecular weight excluding hydrogens is 424 g/mol. The Labute approximate surface area is 184 Å². The normalized spacial score (nSPS) is 11.2. The van der Waals surface area contributed by atoms with Crippen molar-refractivity contribution in [3.8, 4) is 11.5 Å². The van der Waals surface area contributed by atoms with Crippen LogP contribution in [0, 0.1) is 11.6 Å². The predicted molar refractivity (Wildman–Crippen MR) is 118 cm³/mol.